The smallest absolute Gasteiger partial charge is 0.165 e. The molecule has 0 atom stereocenters. The first-order chi connectivity index (χ1) is 17.9. The second-order valence-electron chi connectivity index (χ2n) is 9.51. The van der Waals surface area contributed by atoms with Crippen LogP contribution in [0.2, 0.25) is 0 Å². The normalized spacial score (nSPS) is 11.5. The fraction of sp³-hybridized carbons (Fsp3) is 0.250. The molecule has 5 heteroatoms. The Morgan fingerprint density at radius 3 is 1.46 bits per heavy atom. The van der Waals surface area contributed by atoms with Gasteiger partial charge in [-0.3, -0.25) is 0 Å². The Morgan fingerprint density at radius 1 is 0.541 bits per heavy atom. The van der Waals surface area contributed by atoms with Crippen LogP contribution in [-0.2, 0) is 5.04 Å². The molecule has 0 fully saturated rings. The first-order valence-electron chi connectivity index (χ1n) is 12.8. The van der Waals surface area contributed by atoms with Crippen molar-refractivity contribution in [2.24, 2.45) is 0 Å². The average Bonchev–Trinajstić information content (AvgIpc) is 2.91. The van der Waals surface area contributed by atoms with Gasteiger partial charge in [0, 0.05) is 26.4 Å². The molecule has 4 N–H and O–H groups in total. The third-order valence-electron chi connectivity index (χ3n) is 7.04. The van der Waals surface area contributed by atoms with E-state index in [1.54, 1.807) is 24.3 Å². The maximum Gasteiger partial charge on any atom is 0.165 e. The second-order valence-corrected chi connectivity index (χ2v) is 10.4. The first kappa shape index (κ1) is 26.4. The van der Waals surface area contributed by atoms with Crippen molar-refractivity contribution < 1.29 is 20.4 Å². The van der Waals surface area contributed by atoms with Crippen molar-refractivity contribution in [3.63, 3.8) is 0 Å². The molecule has 4 nitrogen and oxygen atoms in total. The molecule has 4 aromatic rings. The lowest BCUT2D eigenvalue weighted by Gasteiger charge is -2.35. The van der Waals surface area contributed by atoms with E-state index >= 15 is 0 Å². The zero-order valence-electron chi connectivity index (χ0n) is 21.1. The Morgan fingerprint density at radius 2 is 0.973 bits per heavy atom. The van der Waals surface area contributed by atoms with Gasteiger partial charge in [0.15, 0.2) is 23.0 Å². The summed E-state index contributed by atoms with van der Waals surface area (Å²) in [6.45, 7) is 2.20. The molecule has 4 aromatic carbocycles. The highest BCUT2D eigenvalue weighted by Gasteiger charge is 2.34. The maximum atomic E-state index is 10.8. The minimum absolute atomic E-state index is 0.161. The predicted octanol–water partition coefficient (Wildman–Crippen LogP) is 7.62. The van der Waals surface area contributed by atoms with Crippen molar-refractivity contribution in [1.82, 2.24) is 0 Å². The summed E-state index contributed by atoms with van der Waals surface area (Å²) in [6.07, 6.45) is 6.32. The molecule has 0 saturated heterocycles. The van der Waals surface area contributed by atoms with E-state index in [1.165, 1.54) is 18.6 Å². The van der Waals surface area contributed by atoms with Crippen LogP contribution < -0.4 is 0 Å². The summed E-state index contributed by atoms with van der Waals surface area (Å²) in [5, 5.41) is 41.3. The number of phenolic OH excluding ortho intramolecular Hbond substituents is 4. The van der Waals surface area contributed by atoms with Crippen molar-refractivity contribution in [2.75, 3.05) is 0 Å². The van der Waals surface area contributed by atoms with Gasteiger partial charge < -0.3 is 20.4 Å². The number of aromatic hydroxyl groups is 4. The molecular weight excluding hydrogens is 476 g/mol. The molecule has 0 amide bonds. The lowest BCUT2D eigenvalue weighted by atomic mass is 9.78. The Hall–Kier alpha value is -3.70. The standard InChI is InChI=1S/C32H33O4Si/c1-2-3-4-5-10-21-32(37,26-17-8-6-13-22(26)24-15-11-19-28(33)30(24)35)27-18-9-7-14-23(27)25-16-12-20-29(34)31(25)36/h6-9,11-20,33-36H,2-5,10,21H2,1H3. The zero-order chi connectivity index (χ0) is 26.4. The van der Waals surface area contributed by atoms with Gasteiger partial charge in [0.05, 0.1) is 0 Å². The highest BCUT2D eigenvalue weighted by Crippen LogP contribution is 2.48. The van der Waals surface area contributed by atoms with Crippen LogP contribution in [0.25, 0.3) is 22.3 Å². The highest BCUT2D eigenvalue weighted by molar-refractivity contribution is 6.20. The Kier molecular flexibility index (Phi) is 8.24. The number of phenols is 4. The van der Waals surface area contributed by atoms with E-state index < -0.39 is 5.04 Å². The van der Waals surface area contributed by atoms with Gasteiger partial charge in [-0.2, -0.15) is 0 Å². The van der Waals surface area contributed by atoms with E-state index in [9.17, 15) is 20.4 Å². The average molecular weight is 510 g/mol. The summed E-state index contributed by atoms with van der Waals surface area (Å²) in [5.41, 5.74) is 4.57. The molecule has 0 spiro atoms. The molecular formula is C32H33O4Si. The van der Waals surface area contributed by atoms with E-state index in [0.29, 0.717) is 11.1 Å². The zero-order valence-corrected chi connectivity index (χ0v) is 22.1. The van der Waals surface area contributed by atoms with Gasteiger partial charge in [-0.25, -0.2) is 0 Å². The van der Waals surface area contributed by atoms with Gasteiger partial charge in [-0.05, 0) is 40.8 Å². The predicted molar refractivity (Wildman–Crippen MR) is 150 cm³/mol. The van der Waals surface area contributed by atoms with Gasteiger partial charge in [-0.15, -0.1) is 0 Å². The van der Waals surface area contributed by atoms with Gasteiger partial charge in [0.1, 0.15) is 0 Å². The van der Waals surface area contributed by atoms with Gasteiger partial charge in [0.2, 0.25) is 0 Å². The number of para-hydroxylation sites is 2. The van der Waals surface area contributed by atoms with Crippen LogP contribution in [0.5, 0.6) is 23.0 Å². The molecule has 4 rings (SSSR count). The largest absolute Gasteiger partial charge is 0.504 e. The Bertz CT molecular complexity index is 1270. The molecule has 0 aliphatic carbocycles. The Balaban J connectivity index is 1.93. The summed E-state index contributed by atoms with van der Waals surface area (Å²) in [6, 6.07) is 25.7. The topological polar surface area (TPSA) is 80.9 Å². The molecule has 0 bridgehead atoms. The van der Waals surface area contributed by atoms with Crippen LogP contribution in [0.15, 0.2) is 84.9 Å². The number of hydrogen-bond acceptors (Lipinski definition) is 4. The van der Waals surface area contributed by atoms with Crippen LogP contribution in [0.4, 0.5) is 0 Å². The lowest BCUT2D eigenvalue weighted by Crippen LogP contribution is -2.30. The van der Waals surface area contributed by atoms with Crippen LogP contribution in [0.3, 0.4) is 0 Å². The SMILES string of the molecule is CCCCCCCC([Si])(c1ccccc1-c1cccc(O)c1O)c1ccccc1-c1cccc(O)c1O. The van der Waals surface area contributed by atoms with Gasteiger partial charge in [0.25, 0.3) is 0 Å². The molecule has 0 aromatic heterocycles. The van der Waals surface area contributed by atoms with Crippen molar-refractivity contribution >= 4 is 10.2 Å². The Labute approximate surface area is 222 Å². The summed E-state index contributed by atoms with van der Waals surface area (Å²) in [4.78, 5) is 0. The number of rotatable bonds is 10. The third kappa shape index (κ3) is 5.37. The monoisotopic (exact) mass is 509 g/mol. The van der Waals surface area contributed by atoms with Crippen molar-refractivity contribution in [3.8, 4) is 45.3 Å². The third-order valence-corrected chi connectivity index (χ3v) is 7.83. The fourth-order valence-electron chi connectivity index (χ4n) is 5.09. The van der Waals surface area contributed by atoms with Crippen molar-refractivity contribution in [2.45, 2.75) is 50.5 Å². The molecule has 0 aliphatic heterocycles. The molecule has 37 heavy (non-hydrogen) atoms. The number of unbranched alkanes of at least 4 members (excludes halogenated alkanes) is 4. The van der Waals surface area contributed by atoms with E-state index in [4.69, 9.17) is 0 Å². The number of benzene rings is 4. The van der Waals surface area contributed by atoms with E-state index in [1.807, 2.05) is 48.5 Å². The van der Waals surface area contributed by atoms with Crippen LogP contribution in [0.1, 0.15) is 56.6 Å². The highest BCUT2D eigenvalue weighted by atomic mass is 28.1. The molecule has 0 unspecified atom stereocenters. The van der Waals surface area contributed by atoms with Crippen molar-refractivity contribution in [1.29, 1.82) is 0 Å². The summed E-state index contributed by atoms with van der Waals surface area (Å²) in [7, 11) is 4.24. The lowest BCUT2D eigenvalue weighted by molar-refractivity contribution is 0.405. The summed E-state index contributed by atoms with van der Waals surface area (Å²) >= 11 is 0. The molecule has 3 radical (unpaired) electrons. The van der Waals surface area contributed by atoms with Crippen LogP contribution >= 0.6 is 0 Å². The van der Waals surface area contributed by atoms with Crippen molar-refractivity contribution in [3.05, 3.63) is 96.1 Å². The van der Waals surface area contributed by atoms with Crippen LogP contribution in [0, 0.1) is 0 Å². The van der Waals surface area contributed by atoms with E-state index in [2.05, 4.69) is 17.2 Å². The molecule has 0 heterocycles. The minimum atomic E-state index is -0.685. The quantitative estimate of drug-likeness (QED) is 0.101. The fourth-order valence-corrected chi connectivity index (χ4v) is 5.70. The molecule has 189 valence electrons. The number of hydrogen-bond donors (Lipinski definition) is 4. The molecule has 0 aliphatic rings. The maximum absolute atomic E-state index is 10.8. The summed E-state index contributed by atoms with van der Waals surface area (Å²) < 4.78 is 0. The van der Waals surface area contributed by atoms with E-state index in [-0.39, 0.29) is 23.0 Å². The summed E-state index contributed by atoms with van der Waals surface area (Å²) in [5.74, 6) is -0.662. The van der Waals surface area contributed by atoms with E-state index in [0.717, 1.165) is 54.4 Å². The second kappa shape index (κ2) is 11.6. The van der Waals surface area contributed by atoms with Crippen LogP contribution in [-0.4, -0.2) is 30.7 Å². The molecule has 0 saturated carbocycles. The van der Waals surface area contributed by atoms with Gasteiger partial charge >= 0.3 is 0 Å². The minimum Gasteiger partial charge on any atom is -0.504 e. The van der Waals surface area contributed by atoms with Gasteiger partial charge in [-0.1, -0.05) is 112 Å². The first-order valence-corrected chi connectivity index (χ1v) is 13.3.